The molecule has 0 heterocycles. The molecule has 44 valence electrons. The second kappa shape index (κ2) is 4.05. The van der Waals surface area contributed by atoms with Gasteiger partial charge in [0.1, 0.15) is 6.54 Å². The molecule has 0 atom stereocenters. The molecule has 0 aromatic carbocycles. The first-order valence-corrected chi connectivity index (χ1v) is 2.51. The minimum Gasteiger partial charge on any atom is -0.184 e. The number of hydrogen-bond donors (Lipinski definition) is 3. The van der Waals surface area contributed by atoms with Crippen LogP contribution in [-0.4, -0.2) is 17.0 Å². The molecule has 0 amide bonds. The summed E-state index contributed by atoms with van der Waals surface area (Å²) in [5.41, 5.74) is 0. The van der Waals surface area contributed by atoms with Crippen LogP contribution in [0.15, 0.2) is 0 Å². The lowest BCUT2D eigenvalue weighted by Gasteiger charge is -1.96. The van der Waals surface area contributed by atoms with Crippen LogP contribution in [0.2, 0.25) is 0 Å². The Kier molecular flexibility index (Phi) is 3.98. The fourth-order valence-corrected chi connectivity index (χ4v) is 0.335. The average molecular weight is 106 g/mol. The van der Waals surface area contributed by atoms with Gasteiger partial charge in [-0.2, -0.15) is 10.4 Å². The summed E-state index contributed by atoms with van der Waals surface area (Å²) in [7, 11) is 0. The Bertz CT molecular complexity index is 38.7. The van der Waals surface area contributed by atoms with Crippen LogP contribution in [0.5, 0.6) is 0 Å². The van der Waals surface area contributed by atoms with Crippen molar-refractivity contribution in [3.05, 3.63) is 0 Å². The van der Waals surface area contributed by atoms with E-state index in [9.17, 15) is 0 Å². The van der Waals surface area contributed by atoms with Crippen LogP contribution in [-0.2, 0) is 0 Å². The van der Waals surface area contributed by atoms with Crippen molar-refractivity contribution in [3.8, 4) is 0 Å². The number of quaternary nitrogens is 1. The predicted octanol–water partition coefficient (Wildman–Crippen LogP) is -0.550. The number of rotatable bonds is 3. The Morgan fingerprint density at radius 2 is 2.00 bits per heavy atom. The summed E-state index contributed by atoms with van der Waals surface area (Å²) in [6.45, 7) is 2.43. The van der Waals surface area contributed by atoms with Gasteiger partial charge in [0, 0.05) is 6.42 Å². The van der Waals surface area contributed by atoms with Gasteiger partial charge >= 0.3 is 0 Å². The monoisotopic (exact) mass is 106 g/mol. The van der Waals surface area contributed by atoms with Crippen molar-refractivity contribution in [1.82, 2.24) is 0 Å². The van der Waals surface area contributed by atoms with Crippen molar-refractivity contribution >= 4 is 0 Å². The second-order valence-corrected chi connectivity index (χ2v) is 1.52. The Labute approximate surface area is 43.1 Å². The molecule has 0 saturated heterocycles. The molecule has 3 N–H and O–H groups in total. The van der Waals surface area contributed by atoms with Crippen molar-refractivity contribution in [2.75, 3.05) is 6.54 Å². The van der Waals surface area contributed by atoms with E-state index in [2.05, 4.69) is 0 Å². The molecular formula is C4H12NO2+. The molecule has 7 heavy (non-hydrogen) atoms. The smallest absolute Gasteiger partial charge is 0.140 e. The van der Waals surface area contributed by atoms with E-state index in [-0.39, 0.29) is 0 Å². The molecule has 3 heteroatoms. The lowest BCUT2D eigenvalue weighted by molar-refractivity contribution is -1.24. The molecule has 0 fully saturated rings. The first-order valence-electron chi connectivity index (χ1n) is 2.51. The maximum absolute atomic E-state index is 8.16. The van der Waals surface area contributed by atoms with Gasteiger partial charge in [-0.05, 0) is 0 Å². The largest absolute Gasteiger partial charge is 0.184 e. The minimum absolute atomic E-state index is 0.427. The van der Waals surface area contributed by atoms with Crippen LogP contribution >= 0.6 is 0 Å². The van der Waals surface area contributed by atoms with Gasteiger partial charge < -0.3 is 0 Å². The highest BCUT2D eigenvalue weighted by Crippen LogP contribution is 1.77. The van der Waals surface area contributed by atoms with E-state index >= 15 is 0 Å². The molecule has 0 radical (unpaired) electrons. The third-order valence-electron chi connectivity index (χ3n) is 0.754. The van der Waals surface area contributed by atoms with Gasteiger partial charge in [-0.25, -0.2) is 0 Å². The highest BCUT2D eigenvalue weighted by molar-refractivity contribution is 4.22. The van der Waals surface area contributed by atoms with E-state index in [1.165, 1.54) is 0 Å². The van der Waals surface area contributed by atoms with E-state index in [0.29, 0.717) is 6.54 Å². The fourth-order valence-electron chi connectivity index (χ4n) is 0.335. The van der Waals surface area contributed by atoms with Crippen molar-refractivity contribution in [1.29, 1.82) is 0 Å². The summed E-state index contributed by atoms with van der Waals surface area (Å²) in [5.74, 6) is 0. The van der Waals surface area contributed by atoms with Gasteiger partial charge in [0.05, 0.1) is 0 Å². The lowest BCUT2D eigenvalue weighted by atomic mass is 10.3. The summed E-state index contributed by atoms with van der Waals surface area (Å²) in [4.78, 5) is 0. The molecule has 3 nitrogen and oxygen atoms in total. The van der Waals surface area contributed by atoms with E-state index in [1.54, 1.807) is 0 Å². The maximum Gasteiger partial charge on any atom is 0.140 e. The van der Waals surface area contributed by atoms with Gasteiger partial charge in [0.25, 0.3) is 0 Å². The molecule has 0 aromatic rings. The van der Waals surface area contributed by atoms with Crippen LogP contribution in [0.1, 0.15) is 19.8 Å². The van der Waals surface area contributed by atoms with Crippen molar-refractivity contribution in [2.45, 2.75) is 19.8 Å². The topological polar surface area (TPSA) is 44.9 Å². The van der Waals surface area contributed by atoms with Gasteiger partial charge in [-0.15, -0.1) is 0 Å². The number of nitrogens with one attached hydrogen (secondary N) is 1. The summed E-state index contributed by atoms with van der Waals surface area (Å²) < 4.78 is 0. The second-order valence-electron chi connectivity index (χ2n) is 1.52. The number of hydrogen-bond acceptors (Lipinski definition) is 2. The third-order valence-corrected chi connectivity index (χ3v) is 0.754. The number of unbranched alkanes of at least 4 members (excludes halogenated alkanes) is 1. The zero-order valence-electron chi connectivity index (χ0n) is 4.52. The molecule has 0 spiro atoms. The third kappa shape index (κ3) is 5.88. The molecule has 0 aliphatic rings. The molecule has 0 saturated carbocycles. The fraction of sp³-hybridized carbons (Fsp3) is 1.00. The molecule has 0 unspecified atom stereocenters. The van der Waals surface area contributed by atoms with E-state index in [4.69, 9.17) is 10.4 Å². The van der Waals surface area contributed by atoms with E-state index in [0.717, 1.165) is 12.8 Å². The van der Waals surface area contributed by atoms with Crippen LogP contribution in [0.3, 0.4) is 0 Å². The van der Waals surface area contributed by atoms with E-state index < -0.39 is 5.23 Å². The SMILES string of the molecule is CCCC[NH+](O)O. The maximum atomic E-state index is 8.16. The molecular weight excluding hydrogens is 94.0 g/mol. The normalized spacial score (nSPS) is 10.3. The summed E-state index contributed by atoms with van der Waals surface area (Å²) >= 11 is 0. The average Bonchev–Trinajstić information content (AvgIpc) is 1.61. The van der Waals surface area contributed by atoms with Crippen molar-refractivity contribution < 1.29 is 15.6 Å². The molecule has 0 aliphatic carbocycles. The summed E-state index contributed by atoms with van der Waals surface area (Å²) in [5, 5.41) is 15.9. The zero-order valence-corrected chi connectivity index (χ0v) is 4.52. The first kappa shape index (κ1) is 6.88. The van der Waals surface area contributed by atoms with Crippen LogP contribution in [0.25, 0.3) is 0 Å². The highest BCUT2D eigenvalue weighted by atomic mass is 16.8. The van der Waals surface area contributed by atoms with Crippen LogP contribution < -0.4 is 5.23 Å². The van der Waals surface area contributed by atoms with Crippen LogP contribution in [0.4, 0.5) is 0 Å². The van der Waals surface area contributed by atoms with Gasteiger partial charge in [-0.1, -0.05) is 18.6 Å². The van der Waals surface area contributed by atoms with Crippen LogP contribution in [0, 0.1) is 0 Å². The lowest BCUT2D eigenvalue weighted by Crippen LogP contribution is -3.07. The molecule has 0 aromatic heterocycles. The first-order chi connectivity index (χ1) is 3.27. The Morgan fingerprint density at radius 3 is 2.14 bits per heavy atom. The van der Waals surface area contributed by atoms with Gasteiger partial charge in [0.15, 0.2) is 0 Å². The Morgan fingerprint density at radius 1 is 1.43 bits per heavy atom. The summed E-state index contributed by atoms with van der Waals surface area (Å²) in [6, 6.07) is 0. The highest BCUT2D eigenvalue weighted by Gasteiger charge is 1.92. The molecule has 0 bridgehead atoms. The molecule has 0 aliphatic heterocycles. The predicted molar refractivity (Wildman–Crippen MR) is 24.3 cm³/mol. The molecule has 0 rings (SSSR count). The quantitative estimate of drug-likeness (QED) is 0.423. The van der Waals surface area contributed by atoms with E-state index in [1.807, 2.05) is 6.92 Å². The zero-order chi connectivity index (χ0) is 5.70. The summed E-state index contributed by atoms with van der Waals surface area (Å²) in [6.07, 6.45) is 1.87. The van der Waals surface area contributed by atoms with Gasteiger partial charge in [0.2, 0.25) is 0 Å². The standard InChI is InChI=1S/C4H11NO2/c1-2-3-4-5(6)7/h6-7H,2-4H2,1H3/p+1. The van der Waals surface area contributed by atoms with Gasteiger partial charge in [-0.3, -0.25) is 0 Å². The number of hydroxylamine groups is 2. The Balaban J connectivity index is 2.68. The van der Waals surface area contributed by atoms with Crippen molar-refractivity contribution in [2.24, 2.45) is 0 Å². The Hall–Kier alpha value is -0.120. The van der Waals surface area contributed by atoms with Crippen molar-refractivity contribution in [3.63, 3.8) is 0 Å². The minimum atomic E-state index is -0.443.